The lowest BCUT2D eigenvalue weighted by Crippen LogP contribution is -2.19. The van der Waals surface area contributed by atoms with Crippen molar-refractivity contribution in [2.45, 2.75) is 40.5 Å². The van der Waals surface area contributed by atoms with Gasteiger partial charge in [0.05, 0.1) is 7.11 Å². The molecule has 7 heteroatoms. The predicted octanol–water partition coefficient (Wildman–Crippen LogP) is 6.11. The van der Waals surface area contributed by atoms with Crippen LogP contribution in [-0.2, 0) is 9.53 Å². The van der Waals surface area contributed by atoms with Crippen molar-refractivity contribution in [1.82, 2.24) is 0 Å². The number of rotatable bonds is 3. The van der Waals surface area contributed by atoms with E-state index in [1.807, 2.05) is 32.0 Å². The van der Waals surface area contributed by atoms with Gasteiger partial charge in [-0.25, -0.2) is 9.59 Å². The number of amides is 2. The number of anilines is 2. The Balaban J connectivity index is 0.000000303. The van der Waals surface area contributed by atoms with Gasteiger partial charge in [0.15, 0.2) is 0 Å². The molecule has 1 aliphatic rings. The summed E-state index contributed by atoms with van der Waals surface area (Å²) in [5.41, 5.74) is 3.48. The number of carbonyl (C=O) groups excluding carboxylic acids is 3. The monoisotopic (exact) mass is 438 g/mol. The number of aryl methyl sites for hydroxylation is 1. The van der Waals surface area contributed by atoms with Gasteiger partial charge in [-0.2, -0.15) is 0 Å². The number of nitrogens with one attached hydrogen (secondary N) is 2. The molecular formula is C25H30N2O5. The van der Waals surface area contributed by atoms with Crippen molar-refractivity contribution in [2.75, 3.05) is 17.7 Å². The summed E-state index contributed by atoms with van der Waals surface area (Å²) in [4.78, 5) is 34.0. The molecule has 2 N–H and O–H groups in total. The quantitative estimate of drug-likeness (QED) is 0.564. The molecule has 0 bridgehead atoms. The standard InChI is InChI=1S/C16H16N2O4.C9H14O/c1-11-5-3-6-12(9-11)18-16(20)22-14-8-4-7-13(10-14)17-15(19)21-2;1-7-4-8(10)6-9(2,3)5-7/h3-10H,1-2H3,(H,17,19)(H,18,20);5H,4,6H2,1-3H3. The molecule has 0 radical (unpaired) electrons. The molecule has 0 atom stereocenters. The van der Waals surface area contributed by atoms with Crippen LogP contribution in [0.2, 0.25) is 0 Å². The topological polar surface area (TPSA) is 93.7 Å². The molecule has 0 saturated heterocycles. The van der Waals surface area contributed by atoms with Gasteiger partial charge in [-0.15, -0.1) is 0 Å². The Hall–Kier alpha value is -3.61. The Kier molecular flexibility index (Phi) is 8.58. The summed E-state index contributed by atoms with van der Waals surface area (Å²) in [5.74, 6) is 0.684. The third kappa shape index (κ3) is 8.63. The molecule has 2 aromatic rings. The molecule has 0 aromatic heterocycles. The molecule has 0 fully saturated rings. The first-order chi connectivity index (χ1) is 15.1. The van der Waals surface area contributed by atoms with Crippen molar-refractivity contribution in [1.29, 1.82) is 0 Å². The third-order valence-electron chi connectivity index (χ3n) is 4.51. The molecular weight excluding hydrogens is 408 g/mol. The average Bonchev–Trinajstić information content (AvgIpc) is 2.66. The van der Waals surface area contributed by atoms with Gasteiger partial charge in [0.2, 0.25) is 0 Å². The van der Waals surface area contributed by atoms with Crippen LogP contribution in [0.5, 0.6) is 5.75 Å². The molecule has 32 heavy (non-hydrogen) atoms. The molecule has 2 amide bonds. The van der Waals surface area contributed by atoms with Crippen LogP contribution in [0.15, 0.2) is 60.2 Å². The fraction of sp³-hybridized carbons (Fsp3) is 0.320. The minimum Gasteiger partial charge on any atom is -0.453 e. The van der Waals surface area contributed by atoms with Crippen molar-refractivity contribution >= 4 is 29.3 Å². The second kappa shape index (κ2) is 11.1. The second-order valence-corrected chi connectivity index (χ2v) is 8.40. The SMILES string of the molecule is CC1=CC(C)(C)CC(=O)C1.COC(=O)Nc1cccc(OC(=O)Nc2cccc(C)c2)c1. The van der Waals surface area contributed by atoms with Gasteiger partial charge < -0.3 is 9.47 Å². The summed E-state index contributed by atoms with van der Waals surface area (Å²) in [7, 11) is 1.27. The lowest BCUT2D eigenvalue weighted by molar-refractivity contribution is -0.120. The molecule has 2 aromatic carbocycles. The van der Waals surface area contributed by atoms with Crippen LogP contribution in [0.3, 0.4) is 0 Å². The van der Waals surface area contributed by atoms with Crippen LogP contribution >= 0.6 is 0 Å². The van der Waals surface area contributed by atoms with Crippen LogP contribution in [-0.4, -0.2) is 25.1 Å². The number of methoxy groups -OCH3 is 1. The fourth-order valence-electron chi connectivity index (χ4n) is 3.43. The molecule has 0 unspecified atom stereocenters. The third-order valence-corrected chi connectivity index (χ3v) is 4.51. The van der Waals surface area contributed by atoms with Gasteiger partial charge in [0.25, 0.3) is 0 Å². The van der Waals surface area contributed by atoms with Gasteiger partial charge in [-0.3, -0.25) is 15.4 Å². The zero-order valence-corrected chi connectivity index (χ0v) is 19.2. The van der Waals surface area contributed by atoms with E-state index in [0.717, 1.165) is 5.56 Å². The maximum absolute atomic E-state index is 11.8. The lowest BCUT2D eigenvalue weighted by Gasteiger charge is -2.24. The number of hydrogen-bond donors (Lipinski definition) is 2. The summed E-state index contributed by atoms with van der Waals surface area (Å²) in [5, 5.41) is 5.12. The van der Waals surface area contributed by atoms with E-state index in [2.05, 4.69) is 35.3 Å². The fourth-order valence-corrected chi connectivity index (χ4v) is 3.43. The van der Waals surface area contributed by atoms with Crippen molar-refractivity contribution < 1.29 is 23.9 Å². The second-order valence-electron chi connectivity index (χ2n) is 8.40. The van der Waals surface area contributed by atoms with E-state index < -0.39 is 12.2 Å². The van der Waals surface area contributed by atoms with E-state index in [-0.39, 0.29) is 5.41 Å². The van der Waals surface area contributed by atoms with E-state index in [9.17, 15) is 14.4 Å². The predicted molar refractivity (Wildman–Crippen MR) is 125 cm³/mol. The van der Waals surface area contributed by atoms with Crippen molar-refractivity contribution in [3.05, 3.63) is 65.7 Å². The van der Waals surface area contributed by atoms with Crippen LogP contribution in [0.25, 0.3) is 0 Å². The summed E-state index contributed by atoms with van der Waals surface area (Å²) >= 11 is 0. The molecule has 3 rings (SSSR count). The van der Waals surface area contributed by atoms with E-state index >= 15 is 0 Å². The zero-order valence-electron chi connectivity index (χ0n) is 19.2. The minimum atomic E-state index is -0.610. The first-order valence-corrected chi connectivity index (χ1v) is 10.3. The van der Waals surface area contributed by atoms with E-state index in [0.29, 0.717) is 35.7 Å². The molecule has 7 nitrogen and oxygen atoms in total. The number of carbonyl (C=O) groups is 3. The molecule has 0 heterocycles. The number of ether oxygens (including phenoxy) is 2. The lowest BCUT2D eigenvalue weighted by atomic mass is 9.79. The number of allylic oxidation sites excluding steroid dienone is 2. The van der Waals surface area contributed by atoms with Gasteiger partial charge in [0, 0.05) is 30.3 Å². The van der Waals surface area contributed by atoms with E-state index in [1.165, 1.54) is 18.7 Å². The molecule has 0 aliphatic heterocycles. The Bertz CT molecular complexity index is 1010. The molecule has 0 saturated carbocycles. The number of ketones is 1. The van der Waals surface area contributed by atoms with Gasteiger partial charge >= 0.3 is 12.2 Å². The van der Waals surface area contributed by atoms with Crippen LogP contribution in [0, 0.1) is 12.3 Å². The summed E-state index contributed by atoms with van der Waals surface area (Å²) < 4.78 is 9.67. The van der Waals surface area contributed by atoms with Gasteiger partial charge in [-0.1, -0.05) is 43.7 Å². The van der Waals surface area contributed by atoms with Crippen molar-refractivity contribution in [3.8, 4) is 5.75 Å². The molecule has 0 spiro atoms. The Morgan fingerprint density at radius 1 is 0.938 bits per heavy atom. The first kappa shape index (κ1) is 24.7. The highest BCUT2D eigenvalue weighted by Crippen LogP contribution is 2.30. The largest absolute Gasteiger partial charge is 0.453 e. The highest BCUT2D eigenvalue weighted by molar-refractivity contribution is 5.87. The minimum absolute atomic E-state index is 0.111. The first-order valence-electron chi connectivity index (χ1n) is 10.3. The van der Waals surface area contributed by atoms with Gasteiger partial charge in [-0.05, 0) is 49.1 Å². The van der Waals surface area contributed by atoms with Crippen LogP contribution in [0.4, 0.5) is 21.0 Å². The van der Waals surface area contributed by atoms with Crippen LogP contribution < -0.4 is 15.4 Å². The van der Waals surface area contributed by atoms with Crippen molar-refractivity contribution in [3.63, 3.8) is 0 Å². The molecule has 1 aliphatic carbocycles. The van der Waals surface area contributed by atoms with Crippen molar-refractivity contribution in [2.24, 2.45) is 5.41 Å². The normalized spacial score (nSPS) is 14.3. The van der Waals surface area contributed by atoms with E-state index in [4.69, 9.17) is 4.74 Å². The average molecular weight is 439 g/mol. The molecule has 170 valence electrons. The summed E-state index contributed by atoms with van der Waals surface area (Å²) in [6.07, 6.45) is 2.38. The highest BCUT2D eigenvalue weighted by Gasteiger charge is 2.23. The number of hydrogen-bond acceptors (Lipinski definition) is 5. The van der Waals surface area contributed by atoms with Crippen LogP contribution in [0.1, 0.15) is 39.2 Å². The van der Waals surface area contributed by atoms with Gasteiger partial charge in [0.1, 0.15) is 11.5 Å². The number of benzene rings is 2. The number of Topliss-reactive ketones (excluding diaryl/α,β-unsaturated/α-hetero) is 1. The Morgan fingerprint density at radius 3 is 2.16 bits per heavy atom. The summed E-state index contributed by atoms with van der Waals surface area (Å²) in [6, 6.07) is 13.8. The Labute approximate surface area is 188 Å². The summed E-state index contributed by atoms with van der Waals surface area (Å²) in [6.45, 7) is 8.17. The van der Waals surface area contributed by atoms with E-state index in [1.54, 1.807) is 24.3 Å². The maximum atomic E-state index is 11.8. The smallest absolute Gasteiger partial charge is 0.417 e. The zero-order chi connectivity index (χ0) is 23.7. The highest BCUT2D eigenvalue weighted by atomic mass is 16.6. The Morgan fingerprint density at radius 2 is 1.56 bits per heavy atom. The maximum Gasteiger partial charge on any atom is 0.417 e.